The van der Waals surface area contributed by atoms with E-state index < -0.39 is 5.97 Å². The van der Waals surface area contributed by atoms with Crippen molar-refractivity contribution in [2.75, 3.05) is 26.7 Å². The molecule has 2 rings (SSSR count). The molecule has 2 N–H and O–H groups in total. The van der Waals surface area contributed by atoms with Crippen LogP contribution in [0, 0.1) is 0 Å². The number of carbonyl (C=O) groups is 1. The van der Waals surface area contributed by atoms with Crippen molar-refractivity contribution < 1.29 is 9.53 Å². The van der Waals surface area contributed by atoms with Gasteiger partial charge in [-0.25, -0.2) is 9.48 Å². The maximum atomic E-state index is 11.3. The van der Waals surface area contributed by atoms with Crippen LogP contribution in [0.4, 0.5) is 0 Å². The summed E-state index contributed by atoms with van der Waals surface area (Å²) < 4.78 is 6.36. The molecule has 19 heavy (non-hydrogen) atoms. The van der Waals surface area contributed by atoms with Gasteiger partial charge in [-0.05, 0) is 20.3 Å². The molecular weight excluding hydrogens is 246 g/mol. The number of methoxy groups -OCH3 is 1. The van der Waals surface area contributed by atoms with Gasteiger partial charge < -0.3 is 10.5 Å². The van der Waals surface area contributed by atoms with Gasteiger partial charge in [0, 0.05) is 25.2 Å². The van der Waals surface area contributed by atoms with Crippen LogP contribution in [0.3, 0.4) is 0 Å². The van der Waals surface area contributed by atoms with E-state index in [0.29, 0.717) is 0 Å². The molecule has 2 heterocycles. The van der Waals surface area contributed by atoms with Crippen LogP contribution in [-0.2, 0) is 4.74 Å². The van der Waals surface area contributed by atoms with Gasteiger partial charge in [0.2, 0.25) is 0 Å². The van der Waals surface area contributed by atoms with Crippen molar-refractivity contribution in [3.8, 4) is 0 Å². The van der Waals surface area contributed by atoms with Crippen molar-refractivity contribution in [3.63, 3.8) is 0 Å². The van der Waals surface area contributed by atoms with E-state index in [4.69, 9.17) is 5.73 Å². The lowest BCUT2D eigenvalue weighted by molar-refractivity contribution is 0.0594. The second-order valence-corrected chi connectivity index (χ2v) is 5.74. The number of likely N-dealkylation sites (tertiary alicyclic amines) is 1. The third-order valence-corrected chi connectivity index (χ3v) is 3.16. The fraction of sp³-hybridized carbons (Fsp3) is 0.750. The average molecular weight is 267 g/mol. The van der Waals surface area contributed by atoms with Gasteiger partial charge in [-0.15, -0.1) is 5.10 Å². The second kappa shape index (κ2) is 5.26. The van der Waals surface area contributed by atoms with Crippen LogP contribution in [0.5, 0.6) is 0 Å². The first-order valence-electron chi connectivity index (χ1n) is 6.40. The van der Waals surface area contributed by atoms with E-state index in [1.54, 1.807) is 10.9 Å². The number of rotatable bonds is 4. The van der Waals surface area contributed by atoms with Crippen molar-refractivity contribution in [1.29, 1.82) is 0 Å². The third kappa shape index (κ3) is 3.51. The molecule has 0 spiro atoms. The molecule has 1 aromatic rings. The van der Waals surface area contributed by atoms with Crippen LogP contribution in [0.15, 0.2) is 6.20 Å². The van der Waals surface area contributed by atoms with E-state index in [1.165, 1.54) is 7.11 Å². The van der Waals surface area contributed by atoms with Crippen molar-refractivity contribution in [2.45, 2.75) is 31.8 Å². The number of hydrogen-bond donors (Lipinski definition) is 1. The molecule has 1 aliphatic heterocycles. The summed E-state index contributed by atoms with van der Waals surface area (Å²) in [6.45, 7) is 6.75. The largest absolute Gasteiger partial charge is 0.464 e. The Morgan fingerprint density at radius 3 is 3.00 bits per heavy atom. The standard InChI is InChI=1S/C12H21N5O2/c1-12(2,13)8-16-5-4-9(6-16)17-7-10(14-15-17)11(18)19-3/h7,9H,4-6,8,13H2,1-3H3. The summed E-state index contributed by atoms with van der Waals surface area (Å²) >= 11 is 0. The maximum Gasteiger partial charge on any atom is 0.360 e. The first-order valence-corrected chi connectivity index (χ1v) is 6.40. The Labute approximate surface area is 112 Å². The highest BCUT2D eigenvalue weighted by molar-refractivity contribution is 5.86. The zero-order valence-corrected chi connectivity index (χ0v) is 11.7. The number of carbonyl (C=O) groups excluding carboxylic acids is 1. The Morgan fingerprint density at radius 1 is 1.63 bits per heavy atom. The predicted octanol–water partition coefficient (Wildman–Crippen LogP) is 0.0488. The Balaban J connectivity index is 1.97. The van der Waals surface area contributed by atoms with E-state index in [1.807, 2.05) is 13.8 Å². The molecule has 106 valence electrons. The van der Waals surface area contributed by atoms with E-state index >= 15 is 0 Å². The molecule has 0 aliphatic carbocycles. The number of nitrogens with two attached hydrogens (primary N) is 1. The summed E-state index contributed by atoms with van der Waals surface area (Å²) in [6, 6.07) is 0.244. The number of esters is 1. The van der Waals surface area contributed by atoms with Crippen LogP contribution in [0.2, 0.25) is 0 Å². The summed E-state index contributed by atoms with van der Waals surface area (Å²) in [5.74, 6) is -0.454. The second-order valence-electron chi connectivity index (χ2n) is 5.74. The van der Waals surface area contributed by atoms with E-state index in [0.717, 1.165) is 26.1 Å². The minimum atomic E-state index is -0.454. The number of aromatic nitrogens is 3. The molecule has 1 aliphatic rings. The highest BCUT2D eigenvalue weighted by atomic mass is 16.5. The van der Waals surface area contributed by atoms with Crippen molar-refractivity contribution in [2.24, 2.45) is 5.73 Å². The first kappa shape index (κ1) is 14.0. The van der Waals surface area contributed by atoms with Crippen molar-refractivity contribution in [1.82, 2.24) is 19.9 Å². The monoisotopic (exact) mass is 267 g/mol. The summed E-state index contributed by atoms with van der Waals surface area (Å²) in [5.41, 5.74) is 6.07. The third-order valence-electron chi connectivity index (χ3n) is 3.16. The zero-order valence-electron chi connectivity index (χ0n) is 11.7. The smallest absolute Gasteiger partial charge is 0.360 e. The summed E-state index contributed by atoms with van der Waals surface area (Å²) in [4.78, 5) is 13.6. The highest BCUT2D eigenvalue weighted by Crippen LogP contribution is 2.21. The molecule has 1 atom stereocenters. The Bertz CT molecular complexity index is 451. The summed E-state index contributed by atoms with van der Waals surface area (Å²) in [7, 11) is 1.34. The van der Waals surface area contributed by atoms with Crippen LogP contribution in [0.25, 0.3) is 0 Å². The van der Waals surface area contributed by atoms with Gasteiger partial charge in [0.05, 0.1) is 19.3 Å². The van der Waals surface area contributed by atoms with Crippen LogP contribution in [-0.4, -0.2) is 58.1 Å². The van der Waals surface area contributed by atoms with Gasteiger partial charge in [-0.3, -0.25) is 4.90 Å². The summed E-state index contributed by atoms with van der Waals surface area (Å²) in [5, 5.41) is 7.83. The molecule has 0 saturated carbocycles. The molecule has 7 heteroatoms. The highest BCUT2D eigenvalue weighted by Gasteiger charge is 2.28. The van der Waals surface area contributed by atoms with Crippen LogP contribution < -0.4 is 5.73 Å². The van der Waals surface area contributed by atoms with Crippen LogP contribution >= 0.6 is 0 Å². The number of ether oxygens (including phenoxy) is 1. The molecule has 1 saturated heterocycles. The normalized spacial score (nSPS) is 20.7. The minimum absolute atomic E-state index is 0.200. The lowest BCUT2D eigenvalue weighted by Crippen LogP contribution is -2.44. The fourth-order valence-electron chi connectivity index (χ4n) is 2.40. The molecule has 0 amide bonds. The lowest BCUT2D eigenvalue weighted by atomic mass is 10.1. The van der Waals surface area contributed by atoms with Gasteiger partial charge in [-0.2, -0.15) is 0 Å². The maximum absolute atomic E-state index is 11.3. The summed E-state index contributed by atoms with van der Waals surface area (Å²) in [6.07, 6.45) is 2.63. The molecule has 0 aromatic carbocycles. The molecule has 1 fully saturated rings. The minimum Gasteiger partial charge on any atom is -0.464 e. The molecule has 7 nitrogen and oxygen atoms in total. The van der Waals surface area contributed by atoms with Gasteiger partial charge in [0.1, 0.15) is 0 Å². The Morgan fingerprint density at radius 2 is 2.37 bits per heavy atom. The average Bonchev–Trinajstić information content (AvgIpc) is 2.93. The van der Waals surface area contributed by atoms with E-state index in [9.17, 15) is 4.79 Å². The molecule has 1 aromatic heterocycles. The molecule has 0 bridgehead atoms. The molecular formula is C12H21N5O2. The van der Waals surface area contributed by atoms with Gasteiger partial charge in [0.25, 0.3) is 0 Å². The number of nitrogens with zero attached hydrogens (tertiary/aromatic N) is 4. The number of hydrogen-bond acceptors (Lipinski definition) is 6. The Kier molecular flexibility index (Phi) is 3.86. The topological polar surface area (TPSA) is 86.3 Å². The zero-order chi connectivity index (χ0) is 14.0. The fourth-order valence-corrected chi connectivity index (χ4v) is 2.40. The van der Waals surface area contributed by atoms with E-state index in [2.05, 4.69) is 19.9 Å². The lowest BCUT2D eigenvalue weighted by Gasteiger charge is -2.26. The molecule has 1 unspecified atom stereocenters. The van der Waals surface area contributed by atoms with Gasteiger partial charge in [-0.1, -0.05) is 5.21 Å². The Hall–Kier alpha value is -1.47. The SMILES string of the molecule is COC(=O)c1cn(C2CCN(CC(C)(C)N)C2)nn1. The van der Waals surface area contributed by atoms with Crippen molar-refractivity contribution in [3.05, 3.63) is 11.9 Å². The molecule has 0 radical (unpaired) electrons. The van der Waals surface area contributed by atoms with Crippen LogP contribution in [0.1, 0.15) is 36.8 Å². The van der Waals surface area contributed by atoms with E-state index in [-0.39, 0.29) is 17.3 Å². The first-order chi connectivity index (χ1) is 8.89. The van der Waals surface area contributed by atoms with Crippen molar-refractivity contribution >= 4 is 5.97 Å². The van der Waals surface area contributed by atoms with Gasteiger partial charge >= 0.3 is 5.97 Å². The predicted molar refractivity (Wildman–Crippen MR) is 69.7 cm³/mol. The van der Waals surface area contributed by atoms with Gasteiger partial charge in [0.15, 0.2) is 5.69 Å². The quantitative estimate of drug-likeness (QED) is 0.776.